The first-order valence-electron chi connectivity index (χ1n) is 7.97. The van der Waals surface area contributed by atoms with Crippen molar-refractivity contribution in [3.63, 3.8) is 0 Å². The number of amides is 3. The standard InChI is InChI=1S/C18H18N4O3S/c1-11-9-12(15(23)22(19-11)13-7-5-4-6-8-13)10-14-16(24)20(2)18(26)21(3)17(14)25/h4-10,12,19H,1-3H3. The number of hydrogen-bond donors (Lipinski definition) is 1. The summed E-state index contributed by atoms with van der Waals surface area (Å²) in [6.45, 7) is 1.81. The minimum Gasteiger partial charge on any atom is -0.296 e. The maximum Gasteiger partial charge on any atom is 0.265 e. The smallest absolute Gasteiger partial charge is 0.265 e. The molecule has 0 bridgehead atoms. The Morgan fingerprint density at radius 3 is 2.19 bits per heavy atom. The molecule has 0 saturated carbocycles. The first-order chi connectivity index (χ1) is 12.3. The van der Waals surface area contributed by atoms with Crippen molar-refractivity contribution >= 4 is 40.7 Å². The molecule has 0 spiro atoms. The Bertz CT molecular complexity index is 836. The van der Waals surface area contributed by atoms with Crippen LogP contribution in [0.15, 0.2) is 53.8 Å². The lowest BCUT2D eigenvalue weighted by atomic mass is 9.99. The number of hydrazine groups is 1. The molecule has 134 valence electrons. The van der Waals surface area contributed by atoms with Crippen molar-refractivity contribution in [2.75, 3.05) is 19.1 Å². The number of para-hydroxylation sites is 1. The largest absolute Gasteiger partial charge is 0.296 e. The Hall–Kier alpha value is -3.00. The number of allylic oxidation sites excluding steroid dienone is 1. The van der Waals surface area contributed by atoms with E-state index in [0.29, 0.717) is 5.69 Å². The molecule has 0 radical (unpaired) electrons. The molecule has 1 aromatic rings. The van der Waals surface area contributed by atoms with E-state index in [-0.39, 0.29) is 16.6 Å². The molecule has 2 aliphatic heterocycles. The minimum absolute atomic E-state index is 0.0686. The summed E-state index contributed by atoms with van der Waals surface area (Å²) in [5.74, 6) is -2.05. The molecule has 1 atom stereocenters. The van der Waals surface area contributed by atoms with Crippen molar-refractivity contribution in [3.05, 3.63) is 53.8 Å². The van der Waals surface area contributed by atoms with Gasteiger partial charge in [0.1, 0.15) is 5.57 Å². The SMILES string of the molecule is CC1=CC(C=C2C(=O)N(C)C(=S)N(C)C2=O)C(=O)N(c2ccccc2)N1. The van der Waals surface area contributed by atoms with Crippen LogP contribution >= 0.6 is 12.2 Å². The third kappa shape index (κ3) is 2.99. The Morgan fingerprint density at radius 2 is 1.62 bits per heavy atom. The molecule has 1 fully saturated rings. The second-order valence-corrected chi connectivity index (χ2v) is 6.45. The summed E-state index contributed by atoms with van der Waals surface area (Å²) in [4.78, 5) is 40.3. The lowest BCUT2D eigenvalue weighted by Crippen LogP contribution is -2.53. The average Bonchev–Trinajstić information content (AvgIpc) is 2.65. The van der Waals surface area contributed by atoms with E-state index in [9.17, 15) is 14.4 Å². The maximum atomic E-state index is 12.9. The van der Waals surface area contributed by atoms with Gasteiger partial charge >= 0.3 is 0 Å². The van der Waals surface area contributed by atoms with Crippen LogP contribution in [-0.4, -0.2) is 46.7 Å². The van der Waals surface area contributed by atoms with Crippen LogP contribution in [0.4, 0.5) is 5.69 Å². The first-order valence-corrected chi connectivity index (χ1v) is 8.38. The zero-order valence-electron chi connectivity index (χ0n) is 14.6. The molecule has 1 aromatic carbocycles. The summed E-state index contributed by atoms with van der Waals surface area (Å²) in [7, 11) is 3.01. The van der Waals surface area contributed by atoms with E-state index in [1.165, 1.54) is 35.0 Å². The number of likely N-dealkylation sites (N-methyl/N-ethyl adjacent to an activating group) is 2. The highest BCUT2D eigenvalue weighted by atomic mass is 32.1. The Kier molecular flexibility index (Phi) is 4.60. The van der Waals surface area contributed by atoms with E-state index in [4.69, 9.17) is 12.2 Å². The number of thiocarbonyl (C=S) groups is 1. The molecular formula is C18H18N4O3S. The predicted octanol–water partition coefficient (Wildman–Crippen LogP) is 1.20. The van der Waals surface area contributed by atoms with Gasteiger partial charge in [-0.05, 0) is 43.4 Å². The maximum absolute atomic E-state index is 12.9. The predicted molar refractivity (Wildman–Crippen MR) is 101 cm³/mol. The van der Waals surface area contributed by atoms with Gasteiger partial charge in [0.2, 0.25) is 0 Å². The minimum atomic E-state index is -0.743. The summed E-state index contributed by atoms with van der Waals surface area (Å²) >= 11 is 5.07. The lowest BCUT2D eigenvalue weighted by molar-refractivity contribution is -0.132. The second-order valence-electron chi connectivity index (χ2n) is 6.09. The zero-order chi connectivity index (χ0) is 19.0. The molecule has 3 rings (SSSR count). The van der Waals surface area contributed by atoms with Crippen LogP contribution < -0.4 is 10.4 Å². The Morgan fingerprint density at radius 1 is 1.04 bits per heavy atom. The number of carbonyl (C=O) groups is 3. The molecule has 26 heavy (non-hydrogen) atoms. The number of nitrogens with one attached hydrogen (secondary N) is 1. The van der Waals surface area contributed by atoms with E-state index in [0.717, 1.165) is 5.70 Å². The third-order valence-corrected chi connectivity index (χ3v) is 4.78. The molecule has 3 amide bonds. The zero-order valence-corrected chi connectivity index (χ0v) is 15.4. The summed E-state index contributed by atoms with van der Waals surface area (Å²) in [5, 5.41) is 1.54. The number of carbonyl (C=O) groups excluding carboxylic acids is 3. The average molecular weight is 370 g/mol. The van der Waals surface area contributed by atoms with Gasteiger partial charge in [0.15, 0.2) is 5.11 Å². The lowest BCUT2D eigenvalue weighted by Gasteiger charge is -2.34. The molecule has 0 aliphatic carbocycles. The van der Waals surface area contributed by atoms with Crippen LogP contribution in [0.25, 0.3) is 0 Å². The fourth-order valence-corrected chi connectivity index (χ4v) is 2.99. The van der Waals surface area contributed by atoms with E-state index in [1.807, 2.05) is 25.1 Å². The van der Waals surface area contributed by atoms with Gasteiger partial charge in [-0.15, -0.1) is 0 Å². The van der Waals surface area contributed by atoms with E-state index in [2.05, 4.69) is 5.43 Å². The molecule has 2 heterocycles. The molecule has 1 N–H and O–H groups in total. The van der Waals surface area contributed by atoms with E-state index < -0.39 is 17.7 Å². The number of nitrogens with zero attached hydrogens (tertiary/aromatic N) is 3. The van der Waals surface area contributed by atoms with Crippen LogP contribution in [-0.2, 0) is 14.4 Å². The van der Waals surface area contributed by atoms with Crippen LogP contribution in [0, 0.1) is 5.92 Å². The summed E-state index contributed by atoms with van der Waals surface area (Å²) in [6.07, 6.45) is 3.09. The fourth-order valence-electron chi connectivity index (χ4n) is 2.82. The van der Waals surface area contributed by atoms with Crippen LogP contribution in [0.2, 0.25) is 0 Å². The fraction of sp³-hybridized carbons (Fsp3) is 0.222. The van der Waals surface area contributed by atoms with Gasteiger partial charge in [0.05, 0.1) is 11.6 Å². The van der Waals surface area contributed by atoms with Crippen molar-refractivity contribution in [2.24, 2.45) is 5.92 Å². The molecule has 8 heteroatoms. The van der Waals surface area contributed by atoms with Gasteiger partial charge in [-0.3, -0.25) is 29.6 Å². The highest BCUT2D eigenvalue weighted by Gasteiger charge is 2.37. The van der Waals surface area contributed by atoms with Crippen molar-refractivity contribution < 1.29 is 14.4 Å². The van der Waals surface area contributed by atoms with Crippen molar-refractivity contribution in [1.82, 2.24) is 15.2 Å². The Labute approximate surface area is 156 Å². The highest BCUT2D eigenvalue weighted by Crippen LogP contribution is 2.24. The normalized spacial score (nSPS) is 21.0. The summed E-state index contributed by atoms with van der Waals surface area (Å²) in [6, 6.07) is 9.10. The highest BCUT2D eigenvalue weighted by molar-refractivity contribution is 7.80. The number of hydrogen-bond acceptors (Lipinski definition) is 5. The van der Waals surface area contributed by atoms with Gasteiger partial charge < -0.3 is 0 Å². The number of anilines is 1. The van der Waals surface area contributed by atoms with Crippen LogP contribution in [0.3, 0.4) is 0 Å². The molecule has 0 aromatic heterocycles. The Balaban J connectivity index is 1.98. The molecule has 2 aliphatic rings. The third-order valence-electron chi connectivity index (χ3n) is 4.23. The second kappa shape index (κ2) is 6.72. The van der Waals surface area contributed by atoms with Crippen LogP contribution in [0.1, 0.15) is 6.92 Å². The van der Waals surface area contributed by atoms with Crippen molar-refractivity contribution in [3.8, 4) is 0 Å². The summed E-state index contributed by atoms with van der Waals surface area (Å²) in [5.41, 5.74) is 4.34. The van der Waals surface area contributed by atoms with Gasteiger partial charge in [-0.2, -0.15) is 0 Å². The quantitative estimate of drug-likeness (QED) is 0.481. The van der Waals surface area contributed by atoms with Gasteiger partial charge in [-0.1, -0.05) is 18.2 Å². The van der Waals surface area contributed by atoms with Gasteiger partial charge in [0, 0.05) is 19.8 Å². The molecular weight excluding hydrogens is 352 g/mol. The van der Waals surface area contributed by atoms with Crippen LogP contribution in [0.5, 0.6) is 0 Å². The van der Waals surface area contributed by atoms with Gasteiger partial charge in [-0.25, -0.2) is 5.01 Å². The van der Waals surface area contributed by atoms with Crippen molar-refractivity contribution in [1.29, 1.82) is 0 Å². The molecule has 7 nitrogen and oxygen atoms in total. The molecule has 1 unspecified atom stereocenters. The number of benzene rings is 1. The van der Waals surface area contributed by atoms with E-state index in [1.54, 1.807) is 18.2 Å². The van der Waals surface area contributed by atoms with Crippen molar-refractivity contribution in [2.45, 2.75) is 6.92 Å². The monoisotopic (exact) mass is 370 g/mol. The summed E-state index contributed by atoms with van der Waals surface area (Å²) < 4.78 is 0. The number of rotatable bonds is 2. The van der Waals surface area contributed by atoms with E-state index >= 15 is 0 Å². The topological polar surface area (TPSA) is 73.0 Å². The molecule has 1 saturated heterocycles. The first kappa shape index (κ1) is 17.8. The van der Waals surface area contributed by atoms with Gasteiger partial charge in [0.25, 0.3) is 17.7 Å².